The molecule has 1 atom stereocenters. The van der Waals surface area contributed by atoms with Crippen molar-refractivity contribution in [3.63, 3.8) is 0 Å². The lowest BCUT2D eigenvalue weighted by Gasteiger charge is -2.14. The Morgan fingerprint density at radius 1 is 1.14 bits per heavy atom. The SMILES string of the molecule is CC(Nc1ccc(Cn2cncn2)cc1)c1cnccn1. The van der Waals surface area contributed by atoms with Gasteiger partial charge in [0.05, 0.1) is 24.5 Å². The minimum atomic E-state index is 0.111. The number of nitrogens with one attached hydrogen (secondary N) is 1. The maximum atomic E-state index is 4.30. The van der Waals surface area contributed by atoms with Crippen LogP contribution >= 0.6 is 0 Å². The highest BCUT2D eigenvalue weighted by Gasteiger charge is 2.06. The van der Waals surface area contributed by atoms with Gasteiger partial charge in [0, 0.05) is 18.1 Å². The highest BCUT2D eigenvalue weighted by molar-refractivity contribution is 5.46. The number of anilines is 1. The normalized spacial score (nSPS) is 12.0. The molecule has 1 aromatic carbocycles. The Kier molecular flexibility index (Phi) is 3.86. The molecule has 1 unspecified atom stereocenters. The van der Waals surface area contributed by atoms with Crippen LogP contribution in [0.4, 0.5) is 5.69 Å². The smallest absolute Gasteiger partial charge is 0.137 e. The molecule has 106 valence electrons. The van der Waals surface area contributed by atoms with Crippen LogP contribution < -0.4 is 5.32 Å². The van der Waals surface area contributed by atoms with Gasteiger partial charge in [-0.1, -0.05) is 12.1 Å². The Labute approximate surface area is 122 Å². The van der Waals surface area contributed by atoms with E-state index in [-0.39, 0.29) is 6.04 Å². The van der Waals surface area contributed by atoms with Gasteiger partial charge in [0.1, 0.15) is 12.7 Å². The Morgan fingerprint density at radius 2 is 2.00 bits per heavy atom. The van der Waals surface area contributed by atoms with Crippen LogP contribution in [0.15, 0.2) is 55.5 Å². The number of hydrogen-bond acceptors (Lipinski definition) is 5. The molecule has 0 aliphatic rings. The molecule has 0 saturated carbocycles. The van der Waals surface area contributed by atoms with Crippen molar-refractivity contribution in [2.75, 3.05) is 5.32 Å². The highest BCUT2D eigenvalue weighted by Crippen LogP contribution is 2.17. The molecule has 1 N–H and O–H groups in total. The molecular weight excluding hydrogens is 264 g/mol. The van der Waals surface area contributed by atoms with Crippen molar-refractivity contribution in [1.82, 2.24) is 24.7 Å². The number of hydrogen-bond donors (Lipinski definition) is 1. The minimum absolute atomic E-state index is 0.111. The van der Waals surface area contributed by atoms with E-state index in [1.807, 2.05) is 0 Å². The largest absolute Gasteiger partial charge is 0.377 e. The molecule has 2 aromatic heterocycles. The van der Waals surface area contributed by atoms with Crippen molar-refractivity contribution in [3.05, 3.63) is 66.8 Å². The van der Waals surface area contributed by atoms with Gasteiger partial charge in [-0.25, -0.2) is 9.67 Å². The second kappa shape index (κ2) is 6.13. The first-order chi connectivity index (χ1) is 10.3. The van der Waals surface area contributed by atoms with Gasteiger partial charge < -0.3 is 5.32 Å². The predicted octanol–water partition coefficient (Wildman–Crippen LogP) is 2.29. The highest BCUT2D eigenvalue weighted by atomic mass is 15.3. The third-order valence-electron chi connectivity index (χ3n) is 3.18. The van der Waals surface area contributed by atoms with Gasteiger partial charge in [0.25, 0.3) is 0 Å². The van der Waals surface area contributed by atoms with Gasteiger partial charge in [0.15, 0.2) is 0 Å². The van der Waals surface area contributed by atoms with Crippen LogP contribution in [0.25, 0.3) is 0 Å². The minimum Gasteiger partial charge on any atom is -0.377 e. The van der Waals surface area contributed by atoms with E-state index in [9.17, 15) is 0 Å². The van der Waals surface area contributed by atoms with E-state index < -0.39 is 0 Å². The Balaban J connectivity index is 1.64. The molecule has 0 amide bonds. The lowest BCUT2D eigenvalue weighted by atomic mass is 10.2. The second-order valence-electron chi connectivity index (χ2n) is 4.79. The molecule has 6 nitrogen and oxygen atoms in total. The molecule has 6 heteroatoms. The molecule has 0 saturated heterocycles. The molecule has 2 heterocycles. The van der Waals surface area contributed by atoms with E-state index in [4.69, 9.17) is 0 Å². The van der Waals surface area contributed by atoms with Crippen LogP contribution in [-0.2, 0) is 6.54 Å². The average molecular weight is 280 g/mol. The van der Waals surface area contributed by atoms with Crippen molar-refractivity contribution in [2.24, 2.45) is 0 Å². The van der Waals surface area contributed by atoms with Gasteiger partial charge in [-0.05, 0) is 24.6 Å². The van der Waals surface area contributed by atoms with Gasteiger partial charge in [0.2, 0.25) is 0 Å². The van der Waals surface area contributed by atoms with Gasteiger partial charge in [-0.2, -0.15) is 5.10 Å². The molecule has 21 heavy (non-hydrogen) atoms. The number of aromatic nitrogens is 5. The number of rotatable bonds is 5. The number of benzene rings is 1. The first kappa shape index (κ1) is 13.2. The Bertz CT molecular complexity index is 663. The molecule has 0 bridgehead atoms. The van der Waals surface area contributed by atoms with Crippen molar-refractivity contribution in [3.8, 4) is 0 Å². The average Bonchev–Trinajstić information content (AvgIpc) is 3.03. The molecule has 0 aliphatic carbocycles. The second-order valence-corrected chi connectivity index (χ2v) is 4.79. The Morgan fingerprint density at radius 3 is 2.67 bits per heavy atom. The van der Waals surface area contributed by atoms with Crippen molar-refractivity contribution < 1.29 is 0 Å². The van der Waals surface area contributed by atoms with Crippen LogP contribution in [0.1, 0.15) is 24.2 Å². The Hall–Kier alpha value is -2.76. The quantitative estimate of drug-likeness (QED) is 0.776. The van der Waals surface area contributed by atoms with Gasteiger partial charge >= 0.3 is 0 Å². The van der Waals surface area contributed by atoms with E-state index in [0.29, 0.717) is 0 Å². The monoisotopic (exact) mass is 280 g/mol. The number of nitrogens with zero attached hydrogens (tertiary/aromatic N) is 5. The molecule has 0 radical (unpaired) electrons. The zero-order chi connectivity index (χ0) is 14.5. The van der Waals surface area contributed by atoms with Crippen LogP contribution in [0.2, 0.25) is 0 Å². The van der Waals surface area contributed by atoms with E-state index in [2.05, 4.69) is 56.6 Å². The summed E-state index contributed by atoms with van der Waals surface area (Å²) in [6, 6.07) is 8.37. The van der Waals surface area contributed by atoms with Gasteiger partial charge in [-0.3, -0.25) is 9.97 Å². The van der Waals surface area contributed by atoms with E-state index in [1.54, 1.807) is 35.9 Å². The summed E-state index contributed by atoms with van der Waals surface area (Å²) in [7, 11) is 0. The predicted molar refractivity (Wildman–Crippen MR) is 79.6 cm³/mol. The lowest BCUT2D eigenvalue weighted by Crippen LogP contribution is -2.08. The van der Waals surface area contributed by atoms with Crippen molar-refractivity contribution in [2.45, 2.75) is 19.5 Å². The van der Waals surface area contributed by atoms with Crippen LogP contribution in [0.5, 0.6) is 0 Å². The van der Waals surface area contributed by atoms with Crippen molar-refractivity contribution in [1.29, 1.82) is 0 Å². The zero-order valence-electron chi connectivity index (χ0n) is 11.7. The van der Waals surface area contributed by atoms with Crippen LogP contribution in [0.3, 0.4) is 0 Å². The summed E-state index contributed by atoms with van der Waals surface area (Å²) in [5.41, 5.74) is 3.15. The fraction of sp³-hybridized carbons (Fsp3) is 0.200. The zero-order valence-corrected chi connectivity index (χ0v) is 11.7. The fourth-order valence-electron chi connectivity index (χ4n) is 2.07. The van der Waals surface area contributed by atoms with E-state index >= 15 is 0 Å². The molecular formula is C15H16N6. The molecule has 3 rings (SSSR count). The third-order valence-corrected chi connectivity index (χ3v) is 3.18. The topological polar surface area (TPSA) is 68.5 Å². The lowest BCUT2D eigenvalue weighted by molar-refractivity contribution is 0.685. The maximum Gasteiger partial charge on any atom is 0.137 e. The third kappa shape index (κ3) is 3.42. The summed E-state index contributed by atoms with van der Waals surface area (Å²) in [6.45, 7) is 2.79. The summed E-state index contributed by atoms with van der Waals surface area (Å²) >= 11 is 0. The summed E-state index contributed by atoms with van der Waals surface area (Å²) in [5, 5.41) is 7.50. The summed E-state index contributed by atoms with van der Waals surface area (Å²) in [5.74, 6) is 0. The van der Waals surface area contributed by atoms with E-state index in [1.165, 1.54) is 5.56 Å². The first-order valence-corrected chi connectivity index (χ1v) is 6.75. The fourth-order valence-corrected chi connectivity index (χ4v) is 2.07. The first-order valence-electron chi connectivity index (χ1n) is 6.75. The van der Waals surface area contributed by atoms with Crippen LogP contribution in [-0.4, -0.2) is 24.7 Å². The molecule has 3 aromatic rings. The van der Waals surface area contributed by atoms with Crippen molar-refractivity contribution >= 4 is 5.69 Å². The molecule has 0 fully saturated rings. The maximum absolute atomic E-state index is 4.30. The van der Waals surface area contributed by atoms with E-state index in [0.717, 1.165) is 17.9 Å². The molecule has 0 spiro atoms. The summed E-state index contributed by atoms with van der Waals surface area (Å²) < 4.78 is 1.80. The molecule has 0 aliphatic heterocycles. The summed E-state index contributed by atoms with van der Waals surface area (Å²) in [6.07, 6.45) is 8.40. The van der Waals surface area contributed by atoms with Crippen LogP contribution in [0, 0.1) is 0 Å². The summed E-state index contributed by atoms with van der Waals surface area (Å²) in [4.78, 5) is 12.3. The standard InChI is InChI=1S/C15H16N6/c1-12(15-8-16-6-7-18-15)20-14-4-2-13(3-5-14)9-21-11-17-10-19-21/h2-8,10-12,20H,9H2,1H3. The van der Waals surface area contributed by atoms with Gasteiger partial charge in [-0.15, -0.1) is 0 Å².